The fraction of sp³-hybridized carbons (Fsp3) is 0.281. The lowest BCUT2D eigenvalue weighted by Crippen LogP contribution is -2.12. The van der Waals surface area contributed by atoms with Crippen LogP contribution in [0.15, 0.2) is 90.1 Å². The molecule has 0 saturated heterocycles. The number of para-hydroxylation sites is 1. The molecule has 1 heterocycles. The molecule has 1 atom stereocenters. The number of oxime groups is 1. The molecule has 38 heavy (non-hydrogen) atoms. The van der Waals surface area contributed by atoms with Crippen molar-refractivity contribution in [3.8, 4) is 5.75 Å². The molecule has 5 rings (SSSR count). The second-order valence-corrected chi connectivity index (χ2v) is 9.85. The summed E-state index contributed by atoms with van der Waals surface area (Å²) in [6, 6.07) is 26.8. The smallest absolute Gasteiger partial charge is 0.335 e. The summed E-state index contributed by atoms with van der Waals surface area (Å²) in [5.41, 5.74) is 3.95. The first kappa shape index (κ1) is 25.5. The molecule has 0 bridgehead atoms. The molecule has 4 aromatic rings. The highest BCUT2D eigenvalue weighted by molar-refractivity contribution is 5.89. The number of rotatable bonds is 10. The van der Waals surface area contributed by atoms with Crippen LogP contribution >= 0.6 is 0 Å². The fourth-order valence-corrected chi connectivity index (χ4v) is 4.97. The van der Waals surface area contributed by atoms with Crippen molar-refractivity contribution in [1.29, 1.82) is 0 Å². The van der Waals surface area contributed by atoms with Crippen LogP contribution in [-0.2, 0) is 11.4 Å². The molecule has 0 radical (unpaired) electrons. The molecule has 6 nitrogen and oxygen atoms in total. The number of hydrogen-bond acceptors (Lipinski definition) is 5. The molecule has 3 aromatic carbocycles. The Hall–Kier alpha value is -4.19. The lowest BCUT2D eigenvalue weighted by Gasteiger charge is -2.25. The summed E-state index contributed by atoms with van der Waals surface area (Å²) < 4.78 is 6.02. The number of carboxylic acids is 1. The number of carboxylic acid groups (broad SMARTS) is 1. The third-order valence-electron chi connectivity index (χ3n) is 7.11. The molecule has 1 saturated carbocycles. The maximum Gasteiger partial charge on any atom is 0.335 e. The van der Waals surface area contributed by atoms with E-state index in [-0.39, 0.29) is 11.7 Å². The van der Waals surface area contributed by atoms with Crippen LogP contribution in [0.3, 0.4) is 0 Å². The number of aromatic nitrogens is 1. The van der Waals surface area contributed by atoms with Crippen molar-refractivity contribution in [3.05, 3.63) is 107 Å². The molecule has 1 aliphatic rings. The Morgan fingerprint density at radius 1 is 0.947 bits per heavy atom. The van der Waals surface area contributed by atoms with Gasteiger partial charge in [-0.05, 0) is 59.9 Å². The van der Waals surface area contributed by atoms with Crippen LogP contribution in [0, 0.1) is 5.92 Å². The first-order valence-electron chi connectivity index (χ1n) is 13.2. The van der Waals surface area contributed by atoms with E-state index in [2.05, 4.69) is 22.3 Å². The van der Waals surface area contributed by atoms with E-state index in [1.165, 1.54) is 32.1 Å². The number of carbonyl (C=O) groups is 1. The second kappa shape index (κ2) is 12.4. The molecule has 1 aliphatic carbocycles. The largest absolute Gasteiger partial charge is 0.487 e. The summed E-state index contributed by atoms with van der Waals surface area (Å²) in [4.78, 5) is 21.8. The number of ether oxygens (including phenoxy) is 1. The average Bonchev–Trinajstić information content (AvgIpc) is 2.96. The third-order valence-corrected chi connectivity index (χ3v) is 7.11. The Kier molecular flexibility index (Phi) is 8.29. The van der Waals surface area contributed by atoms with Gasteiger partial charge in [-0.1, -0.05) is 85.8 Å². The zero-order valence-corrected chi connectivity index (χ0v) is 21.3. The normalized spacial score (nSPS) is 14.9. The summed E-state index contributed by atoms with van der Waals surface area (Å²) in [5, 5.41) is 14.5. The maximum atomic E-state index is 11.1. The molecule has 0 amide bonds. The quantitative estimate of drug-likeness (QED) is 0.176. The van der Waals surface area contributed by atoms with Gasteiger partial charge in [0.1, 0.15) is 12.4 Å². The van der Waals surface area contributed by atoms with E-state index >= 15 is 0 Å². The van der Waals surface area contributed by atoms with Crippen LogP contribution in [0.4, 0.5) is 0 Å². The van der Waals surface area contributed by atoms with Crippen LogP contribution in [-0.4, -0.2) is 22.3 Å². The number of benzene rings is 3. The van der Waals surface area contributed by atoms with E-state index in [9.17, 15) is 4.79 Å². The highest BCUT2D eigenvalue weighted by Gasteiger charge is 2.22. The van der Waals surface area contributed by atoms with Crippen molar-refractivity contribution in [3.63, 3.8) is 0 Å². The second-order valence-electron chi connectivity index (χ2n) is 9.85. The van der Waals surface area contributed by atoms with Gasteiger partial charge < -0.3 is 14.7 Å². The molecule has 0 spiro atoms. The van der Waals surface area contributed by atoms with Crippen molar-refractivity contribution >= 4 is 23.1 Å². The van der Waals surface area contributed by atoms with Gasteiger partial charge in [0.25, 0.3) is 0 Å². The van der Waals surface area contributed by atoms with E-state index < -0.39 is 5.97 Å². The number of nitrogens with zero attached hydrogens (tertiary/aromatic N) is 2. The molecule has 0 aliphatic heterocycles. The van der Waals surface area contributed by atoms with Crippen molar-refractivity contribution in [2.45, 2.75) is 51.2 Å². The SMILES string of the molecule is O=C(O)c1ccc(C=NOC(CC2CCCCC2)c2ccc(OCc3ccc4ccccc4n3)cc2)cc1. The fourth-order valence-electron chi connectivity index (χ4n) is 4.97. The Morgan fingerprint density at radius 3 is 2.47 bits per heavy atom. The van der Waals surface area contributed by atoms with Gasteiger partial charge in [0.2, 0.25) is 0 Å². The van der Waals surface area contributed by atoms with Crippen molar-refractivity contribution in [2.24, 2.45) is 11.1 Å². The van der Waals surface area contributed by atoms with Gasteiger partial charge in [-0.15, -0.1) is 0 Å². The van der Waals surface area contributed by atoms with Crippen molar-refractivity contribution in [1.82, 2.24) is 4.98 Å². The Morgan fingerprint density at radius 2 is 1.71 bits per heavy atom. The average molecular weight is 509 g/mol. The lowest BCUT2D eigenvalue weighted by atomic mass is 9.84. The minimum Gasteiger partial charge on any atom is -0.487 e. The molecular weight excluding hydrogens is 476 g/mol. The van der Waals surface area contributed by atoms with E-state index in [4.69, 9.17) is 14.7 Å². The minimum atomic E-state index is -0.946. The highest BCUT2D eigenvalue weighted by atomic mass is 16.6. The number of pyridine rings is 1. The summed E-state index contributed by atoms with van der Waals surface area (Å²) >= 11 is 0. The topological polar surface area (TPSA) is 81.0 Å². The molecule has 194 valence electrons. The standard InChI is InChI=1S/C32H32N2O4/c35-32(36)27-12-10-24(11-13-27)21-33-38-31(20-23-6-2-1-3-7-23)26-15-18-29(19-16-26)37-22-28-17-14-25-8-4-5-9-30(25)34-28/h4-5,8-19,21,23,31H,1-3,6-7,20,22H2,(H,35,36). The van der Waals surface area contributed by atoms with E-state index in [1.807, 2.05) is 48.5 Å². The summed E-state index contributed by atoms with van der Waals surface area (Å²) in [6.07, 6.45) is 8.68. The highest BCUT2D eigenvalue weighted by Crippen LogP contribution is 2.34. The van der Waals surface area contributed by atoms with Crippen LogP contribution < -0.4 is 4.74 Å². The summed E-state index contributed by atoms with van der Waals surface area (Å²) in [7, 11) is 0. The van der Waals surface area contributed by atoms with Gasteiger partial charge in [0, 0.05) is 5.39 Å². The molecule has 1 unspecified atom stereocenters. The molecule has 1 aromatic heterocycles. The van der Waals surface area contributed by atoms with Gasteiger partial charge in [-0.2, -0.15) is 0 Å². The molecule has 6 heteroatoms. The number of fused-ring (bicyclic) bond motifs is 1. The number of hydrogen-bond donors (Lipinski definition) is 1. The lowest BCUT2D eigenvalue weighted by molar-refractivity contribution is 0.0362. The summed E-state index contributed by atoms with van der Waals surface area (Å²) in [5.74, 6) is 0.453. The predicted octanol–water partition coefficient (Wildman–Crippen LogP) is 7.57. The van der Waals surface area contributed by atoms with Crippen LogP contribution in [0.2, 0.25) is 0 Å². The first-order chi connectivity index (χ1) is 18.6. The molecule has 1 fully saturated rings. The summed E-state index contributed by atoms with van der Waals surface area (Å²) in [6.45, 7) is 0.400. The van der Waals surface area contributed by atoms with Crippen molar-refractivity contribution in [2.75, 3.05) is 0 Å². The minimum absolute atomic E-state index is 0.163. The Balaban J connectivity index is 1.24. The third kappa shape index (κ3) is 6.76. The zero-order valence-electron chi connectivity index (χ0n) is 21.3. The van der Waals surface area contributed by atoms with Gasteiger partial charge >= 0.3 is 5.97 Å². The first-order valence-corrected chi connectivity index (χ1v) is 13.2. The van der Waals surface area contributed by atoms with Gasteiger partial charge in [-0.25, -0.2) is 9.78 Å². The van der Waals surface area contributed by atoms with Crippen LogP contribution in [0.1, 0.15) is 71.8 Å². The Labute approximate surface area is 222 Å². The molecular formula is C32H32N2O4. The van der Waals surface area contributed by atoms with Gasteiger partial charge in [-0.3, -0.25) is 0 Å². The Bertz CT molecular complexity index is 1380. The van der Waals surface area contributed by atoms with Crippen LogP contribution in [0.25, 0.3) is 10.9 Å². The van der Waals surface area contributed by atoms with E-state index in [0.29, 0.717) is 12.5 Å². The van der Waals surface area contributed by atoms with Gasteiger partial charge in [0.05, 0.1) is 23.0 Å². The number of aromatic carboxylic acids is 1. The molecule has 1 N–H and O–H groups in total. The van der Waals surface area contributed by atoms with Crippen molar-refractivity contribution < 1.29 is 19.5 Å². The zero-order chi connectivity index (χ0) is 26.2. The maximum absolute atomic E-state index is 11.1. The van der Waals surface area contributed by atoms with E-state index in [1.54, 1.807) is 30.5 Å². The van der Waals surface area contributed by atoms with Gasteiger partial charge in [0.15, 0.2) is 6.10 Å². The van der Waals surface area contributed by atoms with E-state index in [0.717, 1.165) is 39.9 Å². The predicted molar refractivity (Wildman–Crippen MR) is 149 cm³/mol. The monoisotopic (exact) mass is 508 g/mol. The van der Waals surface area contributed by atoms with Crippen LogP contribution in [0.5, 0.6) is 5.75 Å².